The summed E-state index contributed by atoms with van der Waals surface area (Å²) in [5.74, 6) is -0.0278. The molecule has 0 aliphatic carbocycles. The molecule has 1 rings (SSSR count). The summed E-state index contributed by atoms with van der Waals surface area (Å²) in [5, 5.41) is 0. The van der Waals surface area contributed by atoms with Crippen LogP contribution in [0.1, 0.15) is 26.2 Å². The molecule has 0 saturated heterocycles. The number of hydrogen-bond donors (Lipinski definition) is 0. The third-order valence-electron chi connectivity index (χ3n) is 1.39. The smallest absolute Gasteiger partial charge is 0.122 e. The van der Waals surface area contributed by atoms with Crippen LogP contribution in [0.3, 0.4) is 0 Å². The molecule has 0 radical (unpaired) electrons. The maximum atomic E-state index is 12.6. The van der Waals surface area contributed by atoms with Crippen LogP contribution in [-0.4, -0.2) is 6.21 Å². The standard InChI is InChI=1S/C7H10FN/c1-2-7-6(8)4-3-5-9-7/h5H,2-4H2,1H3. The van der Waals surface area contributed by atoms with E-state index in [1.54, 1.807) is 6.21 Å². The highest BCUT2D eigenvalue weighted by Crippen LogP contribution is 2.19. The zero-order valence-electron chi connectivity index (χ0n) is 5.52. The molecule has 50 valence electrons. The Labute approximate surface area is 54.3 Å². The molecule has 1 aliphatic rings. The molecule has 9 heavy (non-hydrogen) atoms. The number of nitrogens with zero attached hydrogens (tertiary/aromatic N) is 1. The van der Waals surface area contributed by atoms with Gasteiger partial charge in [-0.3, -0.25) is 4.99 Å². The summed E-state index contributed by atoms with van der Waals surface area (Å²) in [6.07, 6.45) is 3.80. The van der Waals surface area contributed by atoms with Crippen LogP contribution in [0.2, 0.25) is 0 Å². The van der Waals surface area contributed by atoms with Crippen molar-refractivity contribution in [3.05, 3.63) is 11.5 Å². The Morgan fingerprint density at radius 2 is 2.56 bits per heavy atom. The molecule has 0 fully saturated rings. The molecule has 1 aliphatic heterocycles. The van der Waals surface area contributed by atoms with E-state index in [9.17, 15) is 4.39 Å². The predicted molar refractivity (Wildman–Crippen MR) is 36.2 cm³/mol. The number of halogens is 1. The molecule has 0 bridgehead atoms. The SMILES string of the molecule is CCC1=C(F)CCC=N1. The number of rotatable bonds is 1. The van der Waals surface area contributed by atoms with Crippen LogP contribution in [0.15, 0.2) is 16.5 Å². The second kappa shape index (κ2) is 2.76. The summed E-state index contributed by atoms with van der Waals surface area (Å²) < 4.78 is 12.6. The fourth-order valence-electron chi connectivity index (χ4n) is 0.863. The number of allylic oxidation sites excluding steroid dienone is 2. The van der Waals surface area contributed by atoms with Crippen molar-refractivity contribution in [3.63, 3.8) is 0 Å². The van der Waals surface area contributed by atoms with E-state index in [-0.39, 0.29) is 5.83 Å². The summed E-state index contributed by atoms with van der Waals surface area (Å²) in [7, 11) is 0. The average Bonchev–Trinajstić information content (AvgIpc) is 1.89. The van der Waals surface area contributed by atoms with Gasteiger partial charge in [-0.1, -0.05) is 6.92 Å². The summed E-state index contributed by atoms with van der Waals surface area (Å²) >= 11 is 0. The highest BCUT2D eigenvalue weighted by atomic mass is 19.1. The monoisotopic (exact) mass is 127 g/mol. The molecule has 0 saturated carbocycles. The van der Waals surface area contributed by atoms with Gasteiger partial charge >= 0.3 is 0 Å². The van der Waals surface area contributed by atoms with E-state index < -0.39 is 0 Å². The molecular weight excluding hydrogens is 117 g/mol. The van der Waals surface area contributed by atoms with Crippen LogP contribution in [0.25, 0.3) is 0 Å². The van der Waals surface area contributed by atoms with E-state index in [1.807, 2.05) is 6.92 Å². The lowest BCUT2D eigenvalue weighted by molar-refractivity contribution is 0.571. The van der Waals surface area contributed by atoms with Crippen LogP contribution in [-0.2, 0) is 0 Å². The molecule has 0 aromatic rings. The van der Waals surface area contributed by atoms with Crippen molar-refractivity contribution in [2.45, 2.75) is 26.2 Å². The summed E-state index contributed by atoms with van der Waals surface area (Å²) in [6, 6.07) is 0. The fourth-order valence-corrected chi connectivity index (χ4v) is 0.863. The van der Waals surface area contributed by atoms with Gasteiger partial charge in [-0.05, 0) is 12.8 Å². The number of aliphatic imine (C=N–C) groups is 1. The number of hydrogen-bond acceptors (Lipinski definition) is 1. The van der Waals surface area contributed by atoms with Crippen molar-refractivity contribution < 1.29 is 4.39 Å². The first-order chi connectivity index (χ1) is 4.34. The second-order valence-corrected chi connectivity index (χ2v) is 2.06. The van der Waals surface area contributed by atoms with Gasteiger partial charge in [0.25, 0.3) is 0 Å². The Morgan fingerprint density at radius 3 is 3.00 bits per heavy atom. The second-order valence-electron chi connectivity index (χ2n) is 2.06. The minimum atomic E-state index is -0.0278. The van der Waals surface area contributed by atoms with Gasteiger partial charge in [-0.2, -0.15) is 0 Å². The molecule has 0 atom stereocenters. The van der Waals surface area contributed by atoms with Crippen LogP contribution in [0.5, 0.6) is 0 Å². The Morgan fingerprint density at radius 1 is 1.78 bits per heavy atom. The summed E-state index contributed by atoms with van der Waals surface area (Å²) in [6.45, 7) is 1.91. The highest BCUT2D eigenvalue weighted by Gasteiger charge is 2.05. The normalized spacial score (nSPS) is 18.9. The first-order valence-corrected chi connectivity index (χ1v) is 3.24. The highest BCUT2D eigenvalue weighted by molar-refractivity contribution is 5.61. The van der Waals surface area contributed by atoms with Crippen molar-refractivity contribution in [1.82, 2.24) is 0 Å². The van der Waals surface area contributed by atoms with E-state index in [0.29, 0.717) is 18.5 Å². The summed E-state index contributed by atoms with van der Waals surface area (Å²) in [4.78, 5) is 3.91. The molecule has 0 unspecified atom stereocenters. The van der Waals surface area contributed by atoms with Gasteiger partial charge < -0.3 is 0 Å². The Kier molecular flexibility index (Phi) is 1.98. The van der Waals surface area contributed by atoms with Gasteiger partial charge in [0.15, 0.2) is 0 Å². The van der Waals surface area contributed by atoms with Gasteiger partial charge in [0.1, 0.15) is 5.83 Å². The zero-order chi connectivity index (χ0) is 6.69. The third-order valence-corrected chi connectivity index (χ3v) is 1.39. The lowest BCUT2D eigenvalue weighted by atomic mass is 10.2. The van der Waals surface area contributed by atoms with Gasteiger partial charge in [-0.25, -0.2) is 4.39 Å². The van der Waals surface area contributed by atoms with Crippen molar-refractivity contribution >= 4 is 6.21 Å². The van der Waals surface area contributed by atoms with E-state index in [0.717, 1.165) is 6.42 Å². The topological polar surface area (TPSA) is 12.4 Å². The Balaban J connectivity index is 2.72. The van der Waals surface area contributed by atoms with E-state index >= 15 is 0 Å². The largest absolute Gasteiger partial charge is 0.263 e. The lowest BCUT2D eigenvalue weighted by Gasteiger charge is -2.04. The first-order valence-electron chi connectivity index (χ1n) is 3.24. The quantitative estimate of drug-likeness (QED) is 0.513. The minimum Gasteiger partial charge on any atom is -0.263 e. The fraction of sp³-hybridized carbons (Fsp3) is 0.571. The van der Waals surface area contributed by atoms with Gasteiger partial charge in [-0.15, -0.1) is 0 Å². The molecule has 0 aromatic carbocycles. The maximum absolute atomic E-state index is 12.6. The zero-order valence-corrected chi connectivity index (χ0v) is 5.52. The Hall–Kier alpha value is -0.660. The molecule has 0 N–H and O–H groups in total. The maximum Gasteiger partial charge on any atom is 0.122 e. The van der Waals surface area contributed by atoms with Gasteiger partial charge in [0.05, 0.1) is 5.70 Å². The van der Waals surface area contributed by atoms with Crippen molar-refractivity contribution in [1.29, 1.82) is 0 Å². The first kappa shape index (κ1) is 6.46. The summed E-state index contributed by atoms with van der Waals surface area (Å²) in [5.41, 5.74) is 0.626. The van der Waals surface area contributed by atoms with Crippen LogP contribution in [0, 0.1) is 0 Å². The van der Waals surface area contributed by atoms with Crippen LogP contribution in [0.4, 0.5) is 4.39 Å². The molecule has 1 heterocycles. The third kappa shape index (κ3) is 1.37. The lowest BCUT2D eigenvalue weighted by Crippen LogP contribution is -1.91. The molecule has 0 spiro atoms. The van der Waals surface area contributed by atoms with Gasteiger partial charge in [0, 0.05) is 12.6 Å². The van der Waals surface area contributed by atoms with Crippen molar-refractivity contribution in [2.24, 2.45) is 4.99 Å². The molecular formula is C7H10FN. The van der Waals surface area contributed by atoms with Crippen LogP contribution < -0.4 is 0 Å². The Bertz CT molecular complexity index is 158. The predicted octanol–water partition coefficient (Wildman–Crippen LogP) is 2.44. The minimum absolute atomic E-state index is 0.0278. The van der Waals surface area contributed by atoms with Gasteiger partial charge in [0.2, 0.25) is 0 Å². The van der Waals surface area contributed by atoms with Crippen molar-refractivity contribution in [3.8, 4) is 0 Å². The van der Waals surface area contributed by atoms with E-state index in [4.69, 9.17) is 0 Å². The molecule has 0 amide bonds. The van der Waals surface area contributed by atoms with E-state index in [2.05, 4.69) is 4.99 Å². The molecule has 0 aromatic heterocycles. The molecule has 1 nitrogen and oxygen atoms in total. The molecule has 2 heteroatoms. The van der Waals surface area contributed by atoms with Crippen LogP contribution >= 0.6 is 0 Å². The van der Waals surface area contributed by atoms with Crippen molar-refractivity contribution in [2.75, 3.05) is 0 Å². The average molecular weight is 127 g/mol. The van der Waals surface area contributed by atoms with E-state index in [1.165, 1.54) is 0 Å².